The zero-order valence-corrected chi connectivity index (χ0v) is 24.5. The van der Waals surface area contributed by atoms with Gasteiger partial charge in [-0.2, -0.15) is 0 Å². The van der Waals surface area contributed by atoms with Crippen molar-refractivity contribution in [1.82, 2.24) is 9.55 Å². The van der Waals surface area contributed by atoms with Crippen molar-refractivity contribution in [3.8, 4) is 5.75 Å². The molecule has 0 N–H and O–H groups in total. The van der Waals surface area contributed by atoms with Crippen LogP contribution in [-0.4, -0.2) is 39.7 Å². The highest BCUT2D eigenvalue weighted by atomic mass is 19.1. The summed E-state index contributed by atoms with van der Waals surface area (Å²) in [5.41, 5.74) is 0.498. The number of hydrogen-bond donors (Lipinski definition) is 0. The van der Waals surface area contributed by atoms with Gasteiger partial charge in [0.2, 0.25) is 0 Å². The molecule has 2 aromatic heterocycles. The summed E-state index contributed by atoms with van der Waals surface area (Å²) >= 11 is 0. The lowest BCUT2D eigenvalue weighted by Crippen LogP contribution is -2.28. The Balaban J connectivity index is 1.77. The first kappa shape index (κ1) is 30.8. The number of ether oxygens (including phenoxy) is 3. The second-order valence-electron chi connectivity index (χ2n) is 10.6. The Morgan fingerprint density at radius 2 is 1.74 bits per heavy atom. The van der Waals surface area contributed by atoms with E-state index in [1.54, 1.807) is 70.2 Å². The third-order valence-electron chi connectivity index (χ3n) is 6.24. The van der Waals surface area contributed by atoms with Gasteiger partial charge in [-0.3, -0.25) is 9.78 Å². The van der Waals surface area contributed by atoms with Crippen molar-refractivity contribution in [1.29, 1.82) is 0 Å². The van der Waals surface area contributed by atoms with Crippen molar-refractivity contribution in [2.75, 3.05) is 6.61 Å². The Labute approximate surface area is 247 Å². The van der Waals surface area contributed by atoms with Crippen LogP contribution in [0, 0.1) is 5.82 Å². The first-order chi connectivity index (χ1) is 20.4. The topological polar surface area (TPSA) is 114 Å². The van der Waals surface area contributed by atoms with Gasteiger partial charge in [-0.1, -0.05) is 24.3 Å². The average Bonchev–Trinajstić information content (AvgIpc) is 2.95. The van der Waals surface area contributed by atoms with Crippen LogP contribution in [0.1, 0.15) is 65.1 Å². The van der Waals surface area contributed by atoms with E-state index in [2.05, 4.69) is 4.98 Å². The van der Waals surface area contributed by atoms with Gasteiger partial charge < -0.3 is 18.8 Å². The number of hydrogen-bond acceptors (Lipinski definition) is 8. The minimum absolute atomic E-state index is 0.000833. The van der Waals surface area contributed by atoms with E-state index in [0.717, 1.165) is 0 Å². The fraction of sp³-hybridized carbons (Fsp3) is 0.242. The molecular formula is C33H31FN2O7. The minimum Gasteiger partial charge on any atom is -0.462 e. The van der Waals surface area contributed by atoms with E-state index < -0.39 is 40.4 Å². The summed E-state index contributed by atoms with van der Waals surface area (Å²) in [6, 6.07) is 14.0. The molecule has 0 fully saturated rings. The van der Waals surface area contributed by atoms with E-state index in [0.29, 0.717) is 22.2 Å². The molecule has 0 saturated heterocycles. The molecule has 0 aliphatic carbocycles. The Morgan fingerprint density at radius 1 is 1.02 bits per heavy atom. The number of fused-ring (bicyclic) bond motifs is 1. The number of esters is 3. The second-order valence-corrected chi connectivity index (χ2v) is 10.6. The first-order valence-corrected chi connectivity index (χ1v) is 13.5. The molecule has 0 aliphatic rings. The van der Waals surface area contributed by atoms with Crippen molar-refractivity contribution in [3.63, 3.8) is 0 Å². The van der Waals surface area contributed by atoms with Crippen LogP contribution in [0.5, 0.6) is 5.75 Å². The van der Waals surface area contributed by atoms with Gasteiger partial charge in [0.05, 0.1) is 17.7 Å². The molecular weight excluding hydrogens is 555 g/mol. The zero-order valence-electron chi connectivity index (χ0n) is 24.5. The maximum atomic E-state index is 14.1. The quantitative estimate of drug-likeness (QED) is 0.199. The number of aromatic nitrogens is 2. The number of halogens is 1. The molecule has 0 aliphatic heterocycles. The normalized spacial score (nSPS) is 11.5. The summed E-state index contributed by atoms with van der Waals surface area (Å²) < 4.78 is 31.4. The van der Waals surface area contributed by atoms with E-state index in [1.807, 2.05) is 0 Å². The molecule has 0 saturated carbocycles. The molecule has 4 aromatic rings. The molecule has 43 heavy (non-hydrogen) atoms. The Bertz CT molecular complexity index is 1790. The summed E-state index contributed by atoms with van der Waals surface area (Å²) in [6.45, 7) is 6.83. The van der Waals surface area contributed by atoms with E-state index in [-0.39, 0.29) is 29.9 Å². The standard InChI is InChI=1S/C33H31FN2O7/c1-6-41-32(40)27-29(42-31(39)21-10-8-7-9-11-21)28-25(36(5)30(27)38)17-20(19-35-28)16-22-12-14-24(34)18-23(22)13-15-26(37)43-33(2,3)4/h7-15,17-19H,6,16H2,1-5H3/b15-13+. The van der Waals surface area contributed by atoms with Gasteiger partial charge in [-0.15, -0.1) is 0 Å². The average molecular weight is 587 g/mol. The molecule has 0 atom stereocenters. The highest BCUT2D eigenvalue weighted by Gasteiger charge is 2.27. The minimum atomic E-state index is -0.945. The van der Waals surface area contributed by atoms with Gasteiger partial charge in [0, 0.05) is 19.3 Å². The number of carbonyl (C=O) groups excluding carboxylic acids is 3. The van der Waals surface area contributed by atoms with E-state index in [9.17, 15) is 23.6 Å². The van der Waals surface area contributed by atoms with Crippen LogP contribution in [0.25, 0.3) is 17.1 Å². The number of carbonyl (C=O) groups is 3. The summed E-state index contributed by atoms with van der Waals surface area (Å²) in [5, 5.41) is 0. The first-order valence-electron chi connectivity index (χ1n) is 13.5. The SMILES string of the molecule is CCOC(=O)c1c(OC(=O)c2ccccc2)c2ncc(Cc3ccc(F)cc3/C=C/C(=O)OC(C)(C)C)cc2n(C)c1=O. The third-order valence-corrected chi connectivity index (χ3v) is 6.24. The van der Waals surface area contributed by atoms with Gasteiger partial charge in [0.15, 0.2) is 11.3 Å². The van der Waals surface area contributed by atoms with E-state index >= 15 is 0 Å². The summed E-state index contributed by atoms with van der Waals surface area (Å²) in [6.07, 6.45) is 4.47. The number of pyridine rings is 2. The van der Waals surface area contributed by atoms with Crippen LogP contribution >= 0.6 is 0 Å². The van der Waals surface area contributed by atoms with E-state index in [4.69, 9.17) is 14.2 Å². The highest BCUT2D eigenvalue weighted by molar-refractivity contribution is 6.01. The number of nitrogens with zero attached hydrogens (tertiary/aromatic N) is 2. The highest BCUT2D eigenvalue weighted by Crippen LogP contribution is 2.29. The molecule has 9 nitrogen and oxygen atoms in total. The Hall–Kier alpha value is -5.12. The monoisotopic (exact) mass is 586 g/mol. The molecule has 2 aromatic carbocycles. The zero-order chi connectivity index (χ0) is 31.3. The van der Waals surface area contributed by atoms with E-state index in [1.165, 1.54) is 42.1 Å². The van der Waals surface area contributed by atoms with Gasteiger partial charge >= 0.3 is 17.9 Å². The fourth-order valence-corrected chi connectivity index (χ4v) is 4.32. The summed E-state index contributed by atoms with van der Waals surface area (Å²) in [5.74, 6) is -3.08. The van der Waals surface area contributed by atoms with Crippen LogP contribution < -0.4 is 10.3 Å². The molecule has 0 unspecified atom stereocenters. The molecule has 10 heteroatoms. The Kier molecular flexibility index (Phi) is 9.18. The number of benzene rings is 2. The van der Waals surface area contributed by atoms with Crippen LogP contribution in [-0.2, 0) is 27.7 Å². The van der Waals surface area contributed by atoms with Gasteiger partial charge in [-0.05, 0) is 87.2 Å². The third kappa shape index (κ3) is 7.40. The summed E-state index contributed by atoms with van der Waals surface area (Å²) in [4.78, 5) is 55.9. The lowest BCUT2D eigenvalue weighted by atomic mass is 9.99. The molecule has 4 rings (SSSR count). The van der Waals surface area contributed by atoms with Crippen molar-refractivity contribution in [3.05, 3.63) is 111 Å². The Morgan fingerprint density at radius 3 is 2.42 bits per heavy atom. The molecule has 0 amide bonds. The number of aryl methyl sites for hydroxylation is 1. The largest absolute Gasteiger partial charge is 0.462 e. The molecule has 0 radical (unpaired) electrons. The molecule has 2 heterocycles. The molecule has 222 valence electrons. The van der Waals surface area contributed by atoms with Crippen molar-refractivity contribution in [2.45, 2.75) is 39.7 Å². The fourth-order valence-electron chi connectivity index (χ4n) is 4.32. The number of rotatable bonds is 8. The molecule has 0 spiro atoms. The van der Waals surface area contributed by atoms with Crippen LogP contribution in [0.2, 0.25) is 0 Å². The van der Waals surface area contributed by atoms with Crippen LogP contribution in [0.4, 0.5) is 4.39 Å². The van der Waals surface area contributed by atoms with Crippen molar-refractivity contribution >= 4 is 35.0 Å². The lowest BCUT2D eigenvalue weighted by Gasteiger charge is -2.18. The molecule has 0 bridgehead atoms. The van der Waals surface area contributed by atoms with Gasteiger partial charge in [-0.25, -0.2) is 18.8 Å². The van der Waals surface area contributed by atoms with Crippen LogP contribution in [0.15, 0.2) is 71.7 Å². The van der Waals surface area contributed by atoms with Crippen molar-refractivity contribution < 1.29 is 33.0 Å². The van der Waals surface area contributed by atoms with Crippen LogP contribution in [0.3, 0.4) is 0 Å². The van der Waals surface area contributed by atoms with Gasteiger partial charge in [0.25, 0.3) is 5.56 Å². The van der Waals surface area contributed by atoms with Gasteiger partial charge in [0.1, 0.15) is 16.9 Å². The lowest BCUT2D eigenvalue weighted by molar-refractivity contribution is -0.148. The predicted octanol–water partition coefficient (Wildman–Crippen LogP) is 5.41. The maximum Gasteiger partial charge on any atom is 0.347 e. The second kappa shape index (κ2) is 12.8. The maximum absolute atomic E-state index is 14.1. The van der Waals surface area contributed by atoms with Crippen molar-refractivity contribution in [2.24, 2.45) is 7.05 Å². The predicted molar refractivity (Wildman–Crippen MR) is 158 cm³/mol. The smallest absolute Gasteiger partial charge is 0.347 e. The summed E-state index contributed by atoms with van der Waals surface area (Å²) in [7, 11) is 1.47.